The van der Waals surface area contributed by atoms with E-state index >= 15 is 0 Å². The second-order valence-electron chi connectivity index (χ2n) is 10.0. The maximum Gasteiger partial charge on any atom is 0.416 e. The predicted molar refractivity (Wildman–Crippen MR) is 152 cm³/mol. The first kappa shape index (κ1) is 29.2. The number of piperazine rings is 1. The number of ether oxygens (including phenoxy) is 2. The van der Waals surface area contributed by atoms with Crippen LogP contribution in [0.4, 0.5) is 24.5 Å². The lowest BCUT2D eigenvalue weighted by molar-refractivity contribution is -0.151. The summed E-state index contributed by atoms with van der Waals surface area (Å²) in [4.78, 5) is 24.8. The first-order chi connectivity index (χ1) is 19.8. The van der Waals surface area contributed by atoms with Gasteiger partial charge in [-0.1, -0.05) is 23.9 Å². The van der Waals surface area contributed by atoms with Crippen molar-refractivity contribution in [2.45, 2.75) is 35.4 Å². The lowest BCUT2D eigenvalue weighted by Crippen LogP contribution is -2.48. The van der Waals surface area contributed by atoms with Gasteiger partial charge >= 0.3 is 12.1 Å². The molecule has 11 heteroatoms. The van der Waals surface area contributed by atoms with E-state index in [0.29, 0.717) is 31.1 Å². The van der Waals surface area contributed by atoms with Crippen LogP contribution >= 0.6 is 11.8 Å². The summed E-state index contributed by atoms with van der Waals surface area (Å²) >= 11 is 1.51. The van der Waals surface area contributed by atoms with Crippen LogP contribution in [0.5, 0.6) is 5.75 Å². The number of esters is 1. The molecular formula is C30H33F3N4O3S. The topological polar surface area (TPSA) is 58.1 Å². The fourth-order valence-electron chi connectivity index (χ4n) is 5.00. The molecule has 1 saturated heterocycles. The number of pyridine rings is 1. The van der Waals surface area contributed by atoms with Gasteiger partial charge in [0.15, 0.2) is 6.10 Å². The van der Waals surface area contributed by atoms with Gasteiger partial charge in [0.05, 0.1) is 16.9 Å². The average molecular weight is 587 g/mol. The Morgan fingerprint density at radius 3 is 2.34 bits per heavy atom. The fourth-order valence-corrected chi connectivity index (χ4v) is 6.07. The van der Waals surface area contributed by atoms with E-state index < -0.39 is 23.8 Å². The molecule has 1 unspecified atom stereocenters. The summed E-state index contributed by atoms with van der Waals surface area (Å²) in [6.45, 7) is 7.60. The molecular weight excluding hydrogens is 553 g/mol. The molecule has 0 N–H and O–H groups in total. The van der Waals surface area contributed by atoms with Crippen molar-refractivity contribution in [2.24, 2.45) is 0 Å². The van der Waals surface area contributed by atoms with Gasteiger partial charge in [0, 0.05) is 61.5 Å². The van der Waals surface area contributed by atoms with Crippen molar-refractivity contribution in [3.05, 3.63) is 72.6 Å². The molecule has 0 saturated carbocycles. The van der Waals surface area contributed by atoms with Crippen molar-refractivity contribution in [3.8, 4) is 5.75 Å². The highest BCUT2D eigenvalue weighted by molar-refractivity contribution is 7.99. The third-order valence-electron chi connectivity index (χ3n) is 7.22. The van der Waals surface area contributed by atoms with E-state index in [-0.39, 0.29) is 0 Å². The number of hydrogen-bond acceptors (Lipinski definition) is 8. The highest BCUT2D eigenvalue weighted by atomic mass is 32.2. The maximum absolute atomic E-state index is 13.5. The quantitative estimate of drug-likeness (QED) is 0.280. The Bertz CT molecular complexity index is 1320. The van der Waals surface area contributed by atoms with Crippen LogP contribution in [-0.4, -0.2) is 79.3 Å². The lowest BCUT2D eigenvalue weighted by Gasteiger charge is -2.36. The fraction of sp³-hybridized carbons (Fsp3) is 0.400. The summed E-state index contributed by atoms with van der Waals surface area (Å²) in [5.41, 5.74) is 0.936. The normalized spacial score (nSPS) is 16.5. The molecule has 0 radical (unpaired) electrons. The van der Waals surface area contributed by atoms with Gasteiger partial charge in [0.2, 0.25) is 0 Å². The van der Waals surface area contributed by atoms with Gasteiger partial charge in [0.25, 0.3) is 0 Å². The monoisotopic (exact) mass is 586 g/mol. The summed E-state index contributed by atoms with van der Waals surface area (Å²) in [5.74, 6) is 0.168. The van der Waals surface area contributed by atoms with Gasteiger partial charge in [-0.2, -0.15) is 13.2 Å². The molecule has 3 heterocycles. The van der Waals surface area contributed by atoms with Crippen molar-refractivity contribution in [2.75, 3.05) is 57.3 Å². The minimum atomic E-state index is -4.38. The molecule has 3 aromatic rings. The van der Waals surface area contributed by atoms with Gasteiger partial charge in [-0.15, -0.1) is 0 Å². The molecule has 2 aromatic carbocycles. The summed E-state index contributed by atoms with van der Waals surface area (Å²) in [7, 11) is 0. The first-order valence-electron chi connectivity index (χ1n) is 13.7. The number of para-hydroxylation sites is 1. The minimum Gasteiger partial charge on any atom is -0.479 e. The second kappa shape index (κ2) is 13.1. The number of aromatic nitrogens is 1. The zero-order chi connectivity index (χ0) is 28.8. The van der Waals surface area contributed by atoms with E-state index in [1.807, 2.05) is 29.2 Å². The van der Waals surface area contributed by atoms with Crippen LogP contribution in [0.15, 0.2) is 76.8 Å². The molecule has 0 amide bonds. The Morgan fingerprint density at radius 2 is 1.61 bits per heavy atom. The van der Waals surface area contributed by atoms with Crippen molar-refractivity contribution in [3.63, 3.8) is 0 Å². The summed E-state index contributed by atoms with van der Waals surface area (Å²) < 4.78 is 51.4. The van der Waals surface area contributed by atoms with Gasteiger partial charge in [-0.05, 0) is 62.4 Å². The molecule has 1 atom stereocenters. The highest BCUT2D eigenvalue weighted by Gasteiger charge is 2.33. The zero-order valence-electron chi connectivity index (χ0n) is 22.8. The summed E-state index contributed by atoms with van der Waals surface area (Å²) in [6.07, 6.45) is -1.06. The van der Waals surface area contributed by atoms with Crippen molar-refractivity contribution in [1.29, 1.82) is 0 Å². The van der Waals surface area contributed by atoms with Crippen LogP contribution in [0.25, 0.3) is 0 Å². The first-order valence-corrected chi connectivity index (χ1v) is 14.5. The molecule has 0 spiro atoms. The van der Waals surface area contributed by atoms with Crippen LogP contribution in [0.3, 0.4) is 0 Å². The number of rotatable bonds is 10. The molecule has 2 aliphatic heterocycles. The van der Waals surface area contributed by atoms with Crippen molar-refractivity contribution < 1.29 is 27.4 Å². The molecule has 41 heavy (non-hydrogen) atoms. The van der Waals surface area contributed by atoms with Gasteiger partial charge in [-0.25, -0.2) is 4.79 Å². The maximum atomic E-state index is 13.5. The zero-order valence-corrected chi connectivity index (χ0v) is 23.7. The van der Waals surface area contributed by atoms with Gasteiger partial charge < -0.3 is 19.3 Å². The number of hydrogen-bond donors (Lipinski definition) is 0. The predicted octanol–water partition coefficient (Wildman–Crippen LogP) is 5.72. The van der Waals surface area contributed by atoms with E-state index in [2.05, 4.69) is 14.8 Å². The number of benzene rings is 2. The Kier molecular flexibility index (Phi) is 9.36. The number of anilines is 2. The van der Waals surface area contributed by atoms with Crippen LogP contribution in [-0.2, 0) is 15.7 Å². The smallest absolute Gasteiger partial charge is 0.416 e. The Labute approximate surface area is 242 Å². The van der Waals surface area contributed by atoms with E-state index in [1.54, 1.807) is 37.5 Å². The van der Waals surface area contributed by atoms with Crippen LogP contribution in [0, 0.1) is 0 Å². The lowest BCUT2D eigenvalue weighted by atomic mass is 10.1. The molecule has 1 aromatic heterocycles. The third kappa shape index (κ3) is 7.52. The van der Waals surface area contributed by atoms with Gasteiger partial charge in [-0.3, -0.25) is 9.88 Å². The summed E-state index contributed by atoms with van der Waals surface area (Å²) in [6, 6.07) is 15.3. The van der Waals surface area contributed by atoms with E-state index in [9.17, 15) is 18.0 Å². The SMILES string of the molecule is CC(Oc1ccncc1)C(=O)OCCN1CCN(CCCN2c3ccccc3Sc3ccc(C(F)(F)F)cc32)CC1. The van der Waals surface area contributed by atoms with E-state index in [0.717, 1.165) is 60.7 Å². The molecule has 0 aliphatic carbocycles. The molecule has 2 aliphatic rings. The third-order valence-corrected chi connectivity index (χ3v) is 8.35. The Morgan fingerprint density at radius 1 is 0.927 bits per heavy atom. The number of fused-ring (bicyclic) bond motifs is 2. The standard InChI is InChI=1S/C30H33F3N4O3S/c1-22(40-24-9-11-34-12-10-24)29(38)39-20-19-36-17-15-35(16-18-36)13-4-14-37-25-5-2-3-6-27(25)41-28-8-7-23(21-26(28)37)30(31,32)33/h2-3,5-12,21-22H,4,13-20H2,1H3. The van der Waals surface area contributed by atoms with E-state index in [4.69, 9.17) is 9.47 Å². The number of alkyl halides is 3. The van der Waals surface area contributed by atoms with Gasteiger partial charge in [0.1, 0.15) is 12.4 Å². The van der Waals surface area contributed by atoms with Crippen molar-refractivity contribution >= 4 is 29.1 Å². The largest absolute Gasteiger partial charge is 0.479 e. The van der Waals surface area contributed by atoms with E-state index in [1.165, 1.54) is 17.8 Å². The summed E-state index contributed by atoms with van der Waals surface area (Å²) in [5, 5.41) is 0. The number of carbonyl (C=O) groups is 1. The molecule has 0 bridgehead atoms. The Hall–Kier alpha value is -3.28. The average Bonchev–Trinajstić information content (AvgIpc) is 2.97. The van der Waals surface area contributed by atoms with Crippen LogP contribution in [0.2, 0.25) is 0 Å². The number of carbonyl (C=O) groups excluding carboxylic acids is 1. The van der Waals surface area contributed by atoms with Crippen LogP contribution in [0.1, 0.15) is 18.9 Å². The Balaban J connectivity index is 1.07. The molecule has 1 fully saturated rings. The molecule has 218 valence electrons. The minimum absolute atomic E-state index is 0.300. The number of halogens is 3. The second-order valence-corrected chi connectivity index (χ2v) is 11.1. The highest BCUT2D eigenvalue weighted by Crippen LogP contribution is 2.49. The van der Waals surface area contributed by atoms with Crippen molar-refractivity contribution in [1.82, 2.24) is 14.8 Å². The van der Waals surface area contributed by atoms with Crippen LogP contribution < -0.4 is 9.64 Å². The molecule has 5 rings (SSSR count). The molecule has 7 nitrogen and oxygen atoms in total. The number of nitrogens with zero attached hydrogens (tertiary/aromatic N) is 4.